The second-order valence-electron chi connectivity index (χ2n) is 7.48. The molecule has 6 nitrogen and oxygen atoms in total. The number of hydrogen-bond acceptors (Lipinski definition) is 4. The van der Waals surface area contributed by atoms with Crippen LogP contribution in [0.15, 0.2) is 46.9 Å². The van der Waals surface area contributed by atoms with Crippen molar-refractivity contribution in [3.8, 4) is 0 Å². The van der Waals surface area contributed by atoms with Crippen molar-refractivity contribution in [2.24, 2.45) is 0 Å². The molecule has 2 aliphatic rings. The average Bonchev–Trinajstić information content (AvgIpc) is 3.43. The standard InChI is InChI=1S/C21H24N2O4/c24-19(18-9-8-17(27-18)14-22-11-4-5-12-22)23-13-10-21(15-23,20(25)26)16-6-2-1-3-7-16/h1-3,6-9H,4-5,10-15H2,(H,25,26)/t21-/m1/s1. The number of carboxylic acid groups (broad SMARTS) is 1. The first-order chi connectivity index (χ1) is 13.1. The van der Waals surface area contributed by atoms with E-state index in [1.54, 1.807) is 11.0 Å². The van der Waals surface area contributed by atoms with Crippen molar-refractivity contribution in [2.75, 3.05) is 26.2 Å². The first-order valence-corrected chi connectivity index (χ1v) is 9.48. The number of aliphatic carboxylic acids is 1. The van der Waals surface area contributed by atoms with Crippen molar-refractivity contribution >= 4 is 11.9 Å². The van der Waals surface area contributed by atoms with Gasteiger partial charge in [0.25, 0.3) is 5.91 Å². The molecule has 2 fully saturated rings. The number of carbonyl (C=O) groups excluding carboxylic acids is 1. The van der Waals surface area contributed by atoms with Crippen molar-refractivity contribution < 1.29 is 19.1 Å². The lowest BCUT2D eigenvalue weighted by molar-refractivity contribution is -0.143. The summed E-state index contributed by atoms with van der Waals surface area (Å²) in [6, 6.07) is 12.7. The Bertz CT molecular complexity index is 826. The fourth-order valence-corrected chi connectivity index (χ4v) is 4.17. The van der Waals surface area contributed by atoms with Gasteiger partial charge >= 0.3 is 5.97 Å². The van der Waals surface area contributed by atoms with Gasteiger partial charge in [0.15, 0.2) is 5.76 Å². The number of amides is 1. The van der Waals surface area contributed by atoms with Crippen LogP contribution in [0.3, 0.4) is 0 Å². The van der Waals surface area contributed by atoms with E-state index in [9.17, 15) is 14.7 Å². The molecule has 3 heterocycles. The highest BCUT2D eigenvalue weighted by Gasteiger charge is 2.48. The molecule has 2 aromatic rings. The molecule has 0 bridgehead atoms. The molecule has 1 atom stereocenters. The summed E-state index contributed by atoms with van der Waals surface area (Å²) in [5, 5.41) is 9.88. The fourth-order valence-electron chi connectivity index (χ4n) is 4.17. The monoisotopic (exact) mass is 368 g/mol. The van der Waals surface area contributed by atoms with Gasteiger partial charge in [-0.15, -0.1) is 0 Å². The summed E-state index contributed by atoms with van der Waals surface area (Å²) in [6.07, 6.45) is 2.81. The predicted molar refractivity (Wildman–Crippen MR) is 99.5 cm³/mol. The summed E-state index contributed by atoms with van der Waals surface area (Å²) in [6.45, 7) is 3.41. The van der Waals surface area contributed by atoms with Crippen LogP contribution in [0.4, 0.5) is 0 Å². The first kappa shape index (κ1) is 17.8. The van der Waals surface area contributed by atoms with E-state index >= 15 is 0 Å². The quantitative estimate of drug-likeness (QED) is 0.878. The van der Waals surface area contributed by atoms with Gasteiger partial charge in [0.2, 0.25) is 0 Å². The molecule has 142 valence electrons. The minimum Gasteiger partial charge on any atom is -0.481 e. The van der Waals surface area contributed by atoms with Crippen LogP contribution in [0.25, 0.3) is 0 Å². The lowest BCUT2D eigenvalue weighted by Crippen LogP contribution is -2.40. The van der Waals surface area contributed by atoms with Gasteiger partial charge in [-0.1, -0.05) is 30.3 Å². The molecule has 1 aromatic heterocycles. The SMILES string of the molecule is O=C(c1ccc(CN2CCCC2)o1)N1CC[C@](C(=O)O)(c2ccccc2)C1. The van der Waals surface area contributed by atoms with E-state index in [1.165, 1.54) is 12.8 Å². The van der Waals surface area contributed by atoms with Crippen molar-refractivity contribution in [3.05, 3.63) is 59.5 Å². The molecular weight excluding hydrogens is 344 g/mol. The molecule has 2 saturated heterocycles. The van der Waals surface area contributed by atoms with Gasteiger partial charge in [0, 0.05) is 13.1 Å². The van der Waals surface area contributed by atoms with Gasteiger partial charge in [0.1, 0.15) is 11.2 Å². The Kier molecular flexibility index (Phi) is 4.74. The van der Waals surface area contributed by atoms with Crippen LogP contribution in [0.1, 0.15) is 41.1 Å². The average molecular weight is 368 g/mol. The Morgan fingerprint density at radius 3 is 2.48 bits per heavy atom. The largest absolute Gasteiger partial charge is 0.481 e. The van der Waals surface area contributed by atoms with E-state index < -0.39 is 11.4 Å². The third-order valence-electron chi connectivity index (χ3n) is 5.74. The maximum Gasteiger partial charge on any atom is 0.316 e. The number of benzene rings is 1. The molecule has 6 heteroatoms. The van der Waals surface area contributed by atoms with Crippen molar-refractivity contribution in [3.63, 3.8) is 0 Å². The normalized spacial score (nSPS) is 23.0. The maximum atomic E-state index is 12.9. The van der Waals surface area contributed by atoms with Gasteiger partial charge in [0.05, 0.1) is 6.54 Å². The lowest BCUT2D eigenvalue weighted by atomic mass is 9.80. The van der Waals surface area contributed by atoms with Crippen molar-refractivity contribution in [2.45, 2.75) is 31.2 Å². The van der Waals surface area contributed by atoms with Gasteiger partial charge in [-0.2, -0.15) is 0 Å². The Morgan fingerprint density at radius 1 is 1.04 bits per heavy atom. The molecule has 0 radical (unpaired) electrons. The minimum atomic E-state index is -1.05. The first-order valence-electron chi connectivity index (χ1n) is 9.48. The predicted octanol–water partition coefficient (Wildman–Crippen LogP) is 2.74. The van der Waals surface area contributed by atoms with Gasteiger partial charge < -0.3 is 14.4 Å². The number of rotatable bonds is 5. The molecule has 27 heavy (non-hydrogen) atoms. The fraction of sp³-hybridized carbons (Fsp3) is 0.429. The van der Waals surface area contributed by atoms with Gasteiger partial charge in [-0.25, -0.2) is 0 Å². The number of hydrogen-bond donors (Lipinski definition) is 1. The van der Waals surface area contributed by atoms with Crippen LogP contribution >= 0.6 is 0 Å². The third-order valence-corrected chi connectivity index (χ3v) is 5.74. The van der Waals surface area contributed by atoms with Crippen LogP contribution in [-0.4, -0.2) is 53.0 Å². The Hall–Kier alpha value is -2.60. The van der Waals surface area contributed by atoms with Crippen LogP contribution in [0, 0.1) is 0 Å². The molecule has 2 aliphatic heterocycles. The lowest BCUT2D eigenvalue weighted by Gasteiger charge is -2.25. The summed E-state index contributed by atoms with van der Waals surface area (Å²) in [7, 11) is 0. The molecule has 0 saturated carbocycles. The second-order valence-corrected chi connectivity index (χ2v) is 7.48. The zero-order chi connectivity index (χ0) is 18.9. The Balaban J connectivity index is 1.48. The van der Waals surface area contributed by atoms with Crippen LogP contribution in [-0.2, 0) is 16.8 Å². The maximum absolute atomic E-state index is 12.9. The summed E-state index contributed by atoms with van der Waals surface area (Å²) >= 11 is 0. The summed E-state index contributed by atoms with van der Waals surface area (Å²) in [5.41, 5.74) is -0.316. The molecule has 1 aromatic carbocycles. The van der Waals surface area contributed by atoms with E-state index in [0.717, 1.165) is 31.0 Å². The molecule has 0 aliphatic carbocycles. The zero-order valence-electron chi connectivity index (χ0n) is 15.3. The van der Waals surface area contributed by atoms with Crippen LogP contribution in [0.5, 0.6) is 0 Å². The number of carbonyl (C=O) groups is 2. The number of carboxylic acids is 1. The summed E-state index contributed by atoms with van der Waals surface area (Å²) < 4.78 is 5.77. The smallest absolute Gasteiger partial charge is 0.316 e. The second kappa shape index (κ2) is 7.19. The third kappa shape index (κ3) is 3.37. The molecule has 4 rings (SSSR count). The van der Waals surface area contributed by atoms with Crippen LogP contribution < -0.4 is 0 Å². The summed E-state index contributed by atoms with van der Waals surface area (Å²) in [5.74, 6) is -0.0506. The number of nitrogens with zero attached hydrogens (tertiary/aromatic N) is 2. The highest BCUT2D eigenvalue weighted by molar-refractivity contribution is 5.93. The topological polar surface area (TPSA) is 74.0 Å². The Labute approximate surface area is 158 Å². The highest BCUT2D eigenvalue weighted by Crippen LogP contribution is 2.35. The molecule has 1 amide bonds. The van der Waals surface area contributed by atoms with Gasteiger partial charge in [-0.05, 0) is 50.0 Å². The highest BCUT2D eigenvalue weighted by atomic mass is 16.4. The minimum absolute atomic E-state index is 0.160. The Morgan fingerprint density at radius 2 is 1.78 bits per heavy atom. The number of likely N-dealkylation sites (tertiary alicyclic amines) is 2. The van der Waals surface area contributed by atoms with Gasteiger partial charge in [-0.3, -0.25) is 14.5 Å². The van der Waals surface area contributed by atoms with E-state index in [1.807, 2.05) is 36.4 Å². The molecule has 1 N–H and O–H groups in total. The zero-order valence-corrected chi connectivity index (χ0v) is 15.3. The van der Waals surface area contributed by atoms with Crippen molar-refractivity contribution in [1.29, 1.82) is 0 Å². The van der Waals surface area contributed by atoms with E-state index in [0.29, 0.717) is 18.7 Å². The van der Waals surface area contributed by atoms with Crippen LogP contribution in [0.2, 0.25) is 0 Å². The van der Waals surface area contributed by atoms with E-state index in [-0.39, 0.29) is 12.5 Å². The number of furan rings is 1. The van der Waals surface area contributed by atoms with E-state index in [2.05, 4.69) is 4.90 Å². The molecule has 0 spiro atoms. The molecular formula is C21H24N2O4. The van der Waals surface area contributed by atoms with Crippen molar-refractivity contribution in [1.82, 2.24) is 9.80 Å². The molecule has 0 unspecified atom stereocenters. The summed E-state index contributed by atoms with van der Waals surface area (Å²) in [4.78, 5) is 28.8. The van der Waals surface area contributed by atoms with E-state index in [4.69, 9.17) is 4.42 Å².